The van der Waals surface area contributed by atoms with Crippen molar-refractivity contribution in [3.8, 4) is 0 Å². The van der Waals surface area contributed by atoms with Crippen LogP contribution in [0.3, 0.4) is 0 Å². The van der Waals surface area contributed by atoms with Crippen LogP contribution in [0.1, 0.15) is 0 Å². The zero-order valence-electron chi connectivity index (χ0n) is 8.85. The van der Waals surface area contributed by atoms with Crippen molar-refractivity contribution in [2.75, 3.05) is 37.8 Å². The fraction of sp³-hybridized carbons (Fsp3) is 0.400. The third-order valence-corrected chi connectivity index (χ3v) is 2.47. The molecule has 1 aromatic rings. The van der Waals surface area contributed by atoms with Crippen molar-refractivity contribution in [2.45, 2.75) is 0 Å². The fourth-order valence-electron chi connectivity index (χ4n) is 1.28. The average Bonchev–Trinajstić information content (AvgIpc) is 2.20. The molecular weight excluding hydrogens is 217 g/mol. The van der Waals surface area contributed by atoms with Crippen LogP contribution in [-0.2, 0) is 0 Å². The molecule has 0 spiro atoms. The maximum absolute atomic E-state index is 13.2. The first-order chi connectivity index (χ1) is 7.06. The number of hydrogen-bond donors (Lipinski definition) is 2. The number of nitrogens with two attached hydrogens (primary N) is 1. The van der Waals surface area contributed by atoms with Gasteiger partial charge in [0.05, 0.1) is 16.4 Å². The number of likely N-dealkylation sites (N-methyl/N-ethyl adjacent to an activating group) is 2. The standard InChI is InChI=1S/C10H15ClFN3/c1-14-3-4-15(2)10-6-8(12)7(11)5-9(10)13/h5-6,14H,3-4,13H2,1-2H3. The zero-order valence-corrected chi connectivity index (χ0v) is 9.61. The molecule has 0 fully saturated rings. The maximum atomic E-state index is 13.2. The summed E-state index contributed by atoms with van der Waals surface area (Å²) < 4.78 is 13.2. The van der Waals surface area contributed by atoms with Crippen molar-refractivity contribution in [3.63, 3.8) is 0 Å². The lowest BCUT2D eigenvalue weighted by Crippen LogP contribution is -2.27. The van der Waals surface area contributed by atoms with Crippen LogP contribution >= 0.6 is 11.6 Å². The van der Waals surface area contributed by atoms with Gasteiger partial charge in [0, 0.05) is 26.2 Å². The summed E-state index contributed by atoms with van der Waals surface area (Å²) in [5.74, 6) is -0.447. The Labute approximate surface area is 94.0 Å². The Kier molecular flexibility index (Phi) is 4.17. The quantitative estimate of drug-likeness (QED) is 0.776. The molecule has 15 heavy (non-hydrogen) atoms. The van der Waals surface area contributed by atoms with Crippen LogP contribution < -0.4 is 16.0 Å². The Bertz CT molecular complexity index is 344. The van der Waals surface area contributed by atoms with Crippen molar-refractivity contribution in [1.29, 1.82) is 0 Å². The summed E-state index contributed by atoms with van der Waals surface area (Å²) in [6.07, 6.45) is 0. The summed E-state index contributed by atoms with van der Waals surface area (Å²) in [5, 5.41) is 3.07. The average molecular weight is 232 g/mol. The summed E-state index contributed by atoms with van der Waals surface area (Å²) >= 11 is 5.61. The highest BCUT2D eigenvalue weighted by molar-refractivity contribution is 6.31. The fourth-order valence-corrected chi connectivity index (χ4v) is 1.45. The van der Waals surface area contributed by atoms with Gasteiger partial charge in [-0.1, -0.05) is 11.6 Å². The Morgan fingerprint density at radius 3 is 2.80 bits per heavy atom. The molecule has 0 bridgehead atoms. The van der Waals surface area contributed by atoms with E-state index < -0.39 is 5.82 Å². The van der Waals surface area contributed by atoms with Crippen molar-refractivity contribution in [2.24, 2.45) is 0 Å². The normalized spacial score (nSPS) is 10.4. The number of rotatable bonds is 4. The summed E-state index contributed by atoms with van der Waals surface area (Å²) in [4.78, 5) is 1.88. The largest absolute Gasteiger partial charge is 0.397 e. The van der Waals surface area contributed by atoms with Gasteiger partial charge in [-0.3, -0.25) is 0 Å². The van der Waals surface area contributed by atoms with Gasteiger partial charge in [0.15, 0.2) is 0 Å². The number of anilines is 2. The molecule has 0 aliphatic heterocycles. The highest BCUT2D eigenvalue weighted by Crippen LogP contribution is 2.28. The molecule has 1 rings (SSSR count). The zero-order chi connectivity index (χ0) is 11.4. The summed E-state index contributed by atoms with van der Waals surface area (Å²) in [6, 6.07) is 2.79. The van der Waals surface area contributed by atoms with Crippen LogP contribution in [0.5, 0.6) is 0 Å². The van der Waals surface area contributed by atoms with E-state index in [9.17, 15) is 4.39 Å². The van der Waals surface area contributed by atoms with Gasteiger partial charge in [0.25, 0.3) is 0 Å². The first kappa shape index (κ1) is 12.1. The van der Waals surface area contributed by atoms with E-state index in [-0.39, 0.29) is 5.02 Å². The third-order valence-electron chi connectivity index (χ3n) is 2.18. The first-order valence-electron chi connectivity index (χ1n) is 4.66. The molecule has 5 heteroatoms. The Balaban J connectivity index is 2.88. The van der Waals surface area contributed by atoms with Gasteiger partial charge in [-0.15, -0.1) is 0 Å². The van der Waals surface area contributed by atoms with Gasteiger partial charge in [-0.25, -0.2) is 4.39 Å². The minimum Gasteiger partial charge on any atom is -0.397 e. The van der Waals surface area contributed by atoms with Crippen molar-refractivity contribution < 1.29 is 4.39 Å². The Morgan fingerprint density at radius 1 is 1.53 bits per heavy atom. The second kappa shape index (κ2) is 5.19. The maximum Gasteiger partial charge on any atom is 0.144 e. The van der Waals surface area contributed by atoms with Crippen molar-refractivity contribution in [1.82, 2.24) is 5.32 Å². The first-order valence-corrected chi connectivity index (χ1v) is 5.04. The molecule has 1 aromatic carbocycles. The molecule has 0 heterocycles. The molecule has 0 radical (unpaired) electrons. The molecule has 3 nitrogen and oxygen atoms in total. The second-order valence-electron chi connectivity index (χ2n) is 3.35. The predicted molar refractivity (Wildman–Crippen MR) is 63.0 cm³/mol. The molecule has 84 valence electrons. The number of hydrogen-bond acceptors (Lipinski definition) is 3. The minimum absolute atomic E-state index is 0.0540. The van der Waals surface area contributed by atoms with Crippen LogP contribution in [0.15, 0.2) is 12.1 Å². The summed E-state index contributed by atoms with van der Waals surface area (Å²) in [7, 11) is 3.72. The highest BCUT2D eigenvalue weighted by atomic mass is 35.5. The van der Waals surface area contributed by atoms with Crippen LogP contribution in [0.2, 0.25) is 5.02 Å². The van der Waals surface area contributed by atoms with Crippen LogP contribution in [-0.4, -0.2) is 27.2 Å². The summed E-state index contributed by atoms with van der Waals surface area (Å²) in [5.41, 5.74) is 6.90. The van der Waals surface area contributed by atoms with Crippen LogP contribution in [0.4, 0.5) is 15.8 Å². The minimum atomic E-state index is -0.447. The molecule has 0 atom stereocenters. The molecular formula is C10H15ClFN3. The smallest absolute Gasteiger partial charge is 0.144 e. The highest BCUT2D eigenvalue weighted by Gasteiger charge is 2.09. The van der Waals surface area contributed by atoms with Crippen molar-refractivity contribution >= 4 is 23.0 Å². The molecule has 0 unspecified atom stereocenters. The van der Waals surface area contributed by atoms with E-state index in [1.54, 1.807) is 0 Å². The lowest BCUT2D eigenvalue weighted by molar-refractivity contribution is 0.627. The molecule has 0 aliphatic carbocycles. The van der Waals surface area contributed by atoms with E-state index in [2.05, 4.69) is 5.32 Å². The Hall–Kier alpha value is -1.00. The number of halogens is 2. The molecule has 0 aromatic heterocycles. The molecule has 3 N–H and O–H groups in total. The molecule has 0 saturated carbocycles. The Morgan fingerprint density at radius 2 is 2.20 bits per heavy atom. The molecule has 0 amide bonds. The van der Waals surface area contributed by atoms with Gasteiger partial charge in [0.2, 0.25) is 0 Å². The SMILES string of the molecule is CNCCN(C)c1cc(F)c(Cl)cc1N. The van der Waals surface area contributed by atoms with Crippen LogP contribution in [0.25, 0.3) is 0 Å². The van der Waals surface area contributed by atoms with Crippen LogP contribution in [0, 0.1) is 5.82 Å². The lowest BCUT2D eigenvalue weighted by Gasteiger charge is -2.21. The van der Waals surface area contributed by atoms with Gasteiger partial charge >= 0.3 is 0 Å². The second-order valence-corrected chi connectivity index (χ2v) is 3.76. The number of benzene rings is 1. The van der Waals surface area contributed by atoms with Gasteiger partial charge in [-0.05, 0) is 13.1 Å². The number of nitrogens with zero attached hydrogens (tertiary/aromatic N) is 1. The van der Waals surface area contributed by atoms with E-state index in [1.807, 2.05) is 19.0 Å². The van der Waals surface area contributed by atoms with Gasteiger partial charge in [-0.2, -0.15) is 0 Å². The van der Waals surface area contributed by atoms with E-state index in [4.69, 9.17) is 17.3 Å². The molecule has 0 saturated heterocycles. The molecule has 0 aliphatic rings. The summed E-state index contributed by atoms with van der Waals surface area (Å²) in [6.45, 7) is 1.56. The third kappa shape index (κ3) is 2.97. The van der Waals surface area contributed by atoms with E-state index in [0.29, 0.717) is 11.4 Å². The van der Waals surface area contributed by atoms with E-state index >= 15 is 0 Å². The topological polar surface area (TPSA) is 41.3 Å². The predicted octanol–water partition coefficient (Wildman–Crippen LogP) is 1.72. The van der Waals surface area contributed by atoms with Gasteiger partial charge in [0.1, 0.15) is 5.82 Å². The van der Waals surface area contributed by atoms with Crippen molar-refractivity contribution in [3.05, 3.63) is 23.0 Å². The monoisotopic (exact) mass is 231 g/mol. The van der Waals surface area contributed by atoms with E-state index in [0.717, 1.165) is 13.1 Å². The lowest BCUT2D eigenvalue weighted by atomic mass is 10.2. The number of nitrogens with one attached hydrogen (secondary N) is 1. The van der Waals surface area contributed by atoms with E-state index in [1.165, 1.54) is 12.1 Å². The van der Waals surface area contributed by atoms with Gasteiger partial charge < -0.3 is 16.0 Å². The number of nitrogen functional groups attached to an aromatic ring is 1.